The molecular formula is C19H23N7O. The predicted molar refractivity (Wildman–Crippen MR) is 101 cm³/mol. The van der Waals surface area contributed by atoms with Gasteiger partial charge in [0.1, 0.15) is 5.82 Å². The second-order valence-corrected chi connectivity index (χ2v) is 7.19. The zero-order valence-electron chi connectivity index (χ0n) is 15.8. The van der Waals surface area contributed by atoms with Crippen molar-refractivity contribution in [3.8, 4) is 11.4 Å². The lowest BCUT2D eigenvalue weighted by Crippen LogP contribution is -2.21. The number of nitrogens with zero attached hydrogens (tertiary/aromatic N) is 6. The van der Waals surface area contributed by atoms with E-state index < -0.39 is 0 Å². The van der Waals surface area contributed by atoms with Crippen molar-refractivity contribution >= 4 is 5.82 Å². The Morgan fingerprint density at radius 1 is 1.15 bits per heavy atom. The van der Waals surface area contributed by atoms with Crippen LogP contribution in [-0.4, -0.2) is 32.1 Å². The van der Waals surface area contributed by atoms with Crippen molar-refractivity contribution in [2.45, 2.75) is 39.9 Å². The van der Waals surface area contributed by atoms with Crippen molar-refractivity contribution in [3.05, 3.63) is 47.5 Å². The maximum Gasteiger partial charge on any atom is 0.226 e. The Kier molecular flexibility index (Phi) is 4.81. The molecule has 0 aliphatic carbocycles. The molecule has 4 heterocycles. The van der Waals surface area contributed by atoms with Crippen molar-refractivity contribution in [3.63, 3.8) is 0 Å². The summed E-state index contributed by atoms with van der Waals surface area (Å²) in [6.45, 7) is 6.30. The number of rotatable bonds is 6. The van der Waals surface area contributed by atoms with Crippen LogP contribution in [0.1, 0.15) is 36.8 Å². The maximum atomic E-state index is 5.36. The summed E-state index contributed by atoms with van der Waals surface area (Å²) in [6.07, 6.45) is 4.29. The van der Waals surface area contributed by atoms with Crippen LogP contribution in [0.4, 0.5) is 5.82 Å². The van der Waals surface area contributed by atoms with Gasteiger partial charge >= 0.3 is 0 Å². The number of pyridine rings is 1. The van der Waals surface area contributed by atoms with E-state index in [1.54, 1.807) is 12.4 Å². The van der Waals surface area contributed by atoms with Crippen LogP contribution in [0.3, 0.4) is 0 Å². The first-order chi connectivity index (χ1) is 13.1. The van der Waals surface area contributed by atoms with E-state index in [0.717, 1.165) is 42.1 Å². The molecule has 4 rings (SSSR count). The molecule has 0 radical (unpaired) electrons. The van der Waals surface area contributed by atoms with Crippen LogP contribution >= 0.6 is 0 Å². The Morgan fingerprint density at radius 3 is 2.74 bits per heavy atom. The highest BCUT2D eigenvalue weighted by Gasteiger charge is 2.23. The Bertz CT molecular complexity index is 923. The van der Waals surface area contributed by atoms with Crippen molar-refractivity contribution in [2.24, 2.45) is 5.92 Å². The molecule has 0 aromatic carbocycles. The third kappa shape index (κ3) is 3.80. The smallest absolute Gasteiger partial charge is 0.226 e. The molecule has 1 aliphatic rings. The van der Waals surface area contributed by atoms with Gasteiger partial charge in [0.05, 0.1) is 12.2 Å². The molecule has 8 nitrogen and oxygen atoms in total. The fourth-order valence-electron chi connectivity index (χ4n) is 3.17. The minimum atomic E-state index is 0.482. The largest absolute Gasteiger partial charge is 0.352 e. The van der Waals surface area contributed by atoms with Gasteiger partial charge in [-0.05, 0) is 18.1 Å². The molecule has 8 heteroatoms. The average molecular weight is 365 g/mol. The van der Waals surface area contributed by atoms with Gasteiger partial charge in [-0.15, -0.1) is 0 Å². The Labute approximate surface area is 158 Å². The lowest BCUT2D eigenvalue weighted by atomic mass is 10.1. The molecule has 0 amide bonds. The number of fused-ring (bicyclic) bond motifs is 1. The normalized spacial score (nSPS) is 13.2. The molecule has 0 saturated carbocycles. The summed E-state index contributed by atoms with van der Waals surface area (Å²) < 4.78 is 5.36. The third-order valence-electron chi connectivity index (χ3n) is 4.44. The van der Waals surface area contributed by atoms with E-state index in [9.17, 15) is 0 Å². The standard InChI is InChI=1S/C19H23N7O/c1-12(2)8-17-23-16(25-27-17)11-26(3)19-14-9-21-10-15(14)22-18(24-19)13-4-6-20-7-5-13/h4-7,12,21H,8-11H2,1-3H3. The predicted octanol–water partition coefficient (Wildman–Crippen LogP) is 2.36. The number of aromatic nitrogens is 5. The second-order valence-electron chi connectivity index (χ2n) is 7.19. The Morgan fingerprint density at radius 2 is 1.96 bits per heavy atom. The van der Waals surface area contributed by atoms with E-state index in [1.807, 2.05) is 19.2 Å². The zero-order chi connectivity index (χ0) is 18.8. The third-order valence-corrected chi connectivity index (χ3v) is 4.44. The van der Waals surface area contributed by atoms with E-state index in [2.05, 4.69) is 39.2 Å². The van der Waals surface area contributed by atoms with Gasteiger partial charge in [-0.3, -0.25) is 4.98 Å². The fraction of sp³-hybridized carbons (Fsp3) is 0.421. The van der Waals surface area contributed by atoms with Gasteiger partial charge in [-0.2, -0.15) is 4.98 Å². The van der Waals surface area contributed by atoms with Gasteiger partial charge in [0.25, 0.3) is 0 Å². The lowest BCUT2D eigenvalue weighted by Gasteiger charge is -2.20. The monoisotopic (exact) mass is 365 g/mol. The van der Waals surface area contributed by atoms with Crippen LogP contribution in [0.5, 0.6) is 0 Å². The highest BCUT2D eigenvalue weighted by Crippen LogP contribution is 2.28. The molecule has 3 aromatic rings. The molecule has 0 fully saturated rings. The molecule has 0 bridgehead atoms. The number of nitrogens with one attached hydrogen (secondary N) is 1. The summed E-state index contributed by atoms with van der Waals surface area (Å²) in [6, 6.07) is 3.84. The first-order valence-corrected chi connectivity index (χ1v) is 9.13. The SMILES string of the molecule is CC(C)Cc1nc(CN(C)c2nc(-c3ccncc3)nc3c2CNC3)no1. The minimum absolute atomic E-state index is 0.482. The molecule has 0 saturated heterocycles. The summed E-state index contributed by atoms with van der Waals surface area (Å²) in [5, 5.41) is 7.47. The van der Waals surface area contributed by atoms with Crippen molar-refractivity contribution in [1.29, 1.82) is 0 Å². The first-order valence-electron chi connectivity index (χ1n) is 9.13. The molecule has 1 N–H and O–H groups in total. The topological polar surface area (TPSA) is 92.9 Å². The van der Waals surface area contributed by atoms with Gasteiger partial charge in [0, 0.05) is 50.1 Å². The summed E-state index contributed by atoms with van der Waals surface area (Å²) >= 11 is 0. The molecule has 0 unspecified atom stereocenters. The van der Waals surface area contributed by atoms with E-state index >= 15 is 0 Å². The molecule has 27 heavy (non-hydrogen) atoms. The van der Waals surface area contributed by atoms with Crippen molar-refractivity contribution in [2.75, 3.05) is 11.9 Å². The van der Waals surface area contributed by atoms with Crippen molar-refractivity contribution < 1.29 is 4.52 Å². The van der Waals surface area contributed by atoms with E-state index in [1.165, 1.54) is 0 Å². The summed E-state index contributed by atoms with van der Waals surface area (Å²) in [5.41, 5.74) is 3.11. The average Bonchev–Trinajstić information content (AvgIpc) is 3.30. The van der Waals surface area contributed by atoms with Gasteiger partial charge in [0.15, 0.2) is 11.6 Å². The van der Waals surface area contributed by atoms with E-state index in [0.29, 0.717) is 30.0 Å². The van der Waals surface area contributed by atoms with E-state index in [4.69, 9.17) is 14.5 Å². The minimum Gasteiger partial charge on any atom is -0.352 e. The summed E-state index contributed by atoms with van der Waals surface area (Å²) in [5.74, 6) is 3.43. The number of anilines is 1. The highest BCUT2D eigenvalue weighted by molar-refractivity contribution is 5.60. The maximum absolute atomic E-state index is 5.36. The van der Waals surface area contributed by atoms with Crippen LogP contribution < -0.4 is 10.2 Å². The Balaban J connectivity index is 1.62. The molecule has 1 aliphatic heterocycles. The second kappa shape index (κ2) is 7.40. The van der Waals surface area contributed by atoms with Crippen LogP contribution in [0.15, 0.2) is 29.0 Å². The molecule has 0 atom stereocenters. The van der Waals surface area contributed by atoms with E-state index in [-0.39, 0.29) is 0 Å². The molecule has 3 aromatic heterocycles. The lowest BCUT2D eigenvalue weighted by molar-refractivity contribution is 0.358. The number of hydrogen-bond acceptors (Lipinski definition) is 8. The van der Waals surface area contributed by atoms with Gasteiger partial charge in [-0.25, -0.2) is 9.97 Å². The highest BCUT2D eigenvalue weighted by atomic mass is 16.5. The number of hydrogen-bond donors (Lipinski definition) is 1. The molecule has 0 spiro atoms. The van der Waals surface area contributed by atoms with Crippen LogP contribution in [0, 0.1) is 5.92 Å². The summed E-state index contributed by atoms with van der Waals surface area (Å²) in [7, 11) is 2.00. The first kappa shape index (κ1) is 17.5. The zero-order valence-corrected chi connectivity index (χ0v) is 15.8. The van der Waals surface area contributed by atoms with Crippen LogP contribution in [-0.2, 0) is 26.1 Å². The van der Waals surface area contributed by atoms with Crippen LogP contribution in [0.25, 0.3) is 11.4 Å². The molecular weight excluding hydrogens is 342 g/mol. The van der Waals surface area contributed by atoms with Crippen LogP contribution in [0.2, 0.25) is 0 Å². The molecule has 140 valence electrons. The van der Waals surface area contributed by atoms with Gasteiger partial charge in [-0.1, -0.05) is 19.0 Å². The van der Waals surface area contributed by atoms with Gasteiger partial charge in [0.2, 0.25) is 5.89 Å². The Hall–Kier alpha value is -2.87. The van der Waals surface area contributed by atoms with Gasteiger partial charge < -0.3 is 14.7 Å². The summed E-state index contributed by atoms with van der Waals surface area (Å²) in [4.78, 5) is 20.2. The quantitative estimate of drug-likeness (QED) is 0.712. The fourth-order valence-corrected chi connectivity index (χ4v) is 3.17. The van der Waals surface area contributed by atoms with Crippen molar-refractivity contribution in [1.82, 2.24) is 30.4 Å².